The molecular weight excluding hydrogens is 529 g/mol. The van der Waals surface area contributed by atoms with Crippen molar-refractivity contribution in [3.63, 3.8) is 0 Å². The van der Waals surface area contributed by atoms with Crippen molar-refractivity contribution in [2.45, 2.75) is 38.7 Å². The summed E-state index contributed by atoms with van der Waals surface area (Å²) in [4.78, 5) is 24.5. The van der Waals surface area contributed by atoms with Crippen LogP contribution in [0.2, 0.25) is 0 Å². The van der Waals surface area contributed by atoms with Crippen LogP contribution in [0.25, 0.3) is 0 Å². The Morgan fingerprint density at radius 3 is 2.55 bits per heavy atom. The minimum atomic E-state index is -0.212. The van der Waals surface area contributed by atoms with Gasteiger partial charge >= 0.3 is 0 Å². The molecule has 3 saturated heterocycles. The molecule has 3 aliphatic rings. The van der Waals surface area contributed by atoms with Crippen molar-refractivity contribution in [1.29, 1.82) is 0 Å². The monoisotopic (exact) mass is 569 g/mol. The number of aliphatic imine (C=N–C) groups is 1. The number of carbonyl (C=O) groups excluding carboxylic acids is 1. The molecule has 3 heterocycles. The molecule has 33 heavy (non-hydrogen) atoms. The highest BCUT2D eigenvalue weighted by Crippen LogP contribution is 2.18. The number of hydrogen-bond acceptors (Lipinski definition) is 4. The van der Waals surface area contributed by atoms with E-state index in [9.17, 15) is 4.79 Å². The standard InChI is InChI=1S/C25H39N5O2.HI/c1-2-26-25(30-16-14-29(15-17-30)24(31)23-9-6-18-32-23)27-19-22-11-13-28(20-22)12-10-21-7-4-3-5-8-21;/h3-5,7-8,22-23H,2,6,9-20H2,1H3,(H,26,27);1H. The molecule has 1 N–H and O–H groups in total. The van der Waals surface area contributed by atoms with E-state index in [2.05, 4.69) is 52.4 Å². The third-order valence-corrected chi connectivity index (χ3v) is 6.86. The molecule has 0 radical (unpaired) electrons. The number of benzene rings is 1. The van der Waals surface area contributed by atoms with Gasteiger partial charge in [0.15, 0.2) is 5.96 Å². The van der Waals surface area contributed by atoms with E-state index < -0.39 is 0 Å². The van der Waals surface area contributed by atoms with Crippen LogP contribution in [0.15, 0.2) is 35.3 Å². The number of halogens is 1. The van der Waals surface area contributed by atoms with Crippen LogP contribution in [0.4, 0.5) is 0 Å². The maximum absolute atomic E-state index is 12.6. The molecule has 2 atom stereocenters. The number of guanidine groups is 1. The summed E-state index contributed by atoms with van der Waals surface area (Å²) >= 11 is 0. The normalized spacial score (nSPS) is 24.1. The summed E-state index contributed by atoms with van der Waals surface area (Å²) in [5.41, 5.74) is 1.42. The van der Waals surface area contributed by atoms with Crippen LogP contribution in [-0.4, -0.2) is 98.2 Å². The van der Waals surface area contributed by atoms with Gasteiger partial charge in [-0.3, -0.25) is 9.79 Å². The number of nitrogens with one attached hydrogen (secondary N) is 1. The lowest BCUT2D eigenvalue weighted by molar-refractivity contribution is -0.142. The van der Waals surface area contributed by atoms with Gasteiger partial charge < -0.3 is 24.8 Å². The SMILES string of the molecule is CCNC(=NCC1CCN(CCc2ccccc2)C1)N1CCN(C(=O)C2CCCO2)CC1.I. The Morgan fingerprint density at radius 1 is 1.09 bits per heavy atom. The summed E-state index contributed by atoms with van der Waals surface area (Å²) in [6.45, 7) is 11.2. The summed E-state index contributed by atoms with van der Waals surface area (Å²) in [5, 5.41) is 3.47. The van der Waals surface area contributed by atoms with E-state index in [0.717, 1.165) is 84.2 Å². The van der Waals surface area contributed by atoms with Crippen LogP contribution < -0.4 is 5.32 Å². The van der Waals surface area contributed by atoms with E-state index in [1.807, 2.05) is 4.90 Å². The highest BCUT2D eigenvalue weighted by Gasteiger charge is 2.31. The van der Waals surface area contributed by atoms with Gasteiger partial charge in [-0.05, 0) is 50.6 Å². The van der Waals surface area contributed by atoms with Crippen molar-refractivity contribution in [2.75, 3.05) is 65.5 Å². The number of amides is 1. The third-order valence-electron chi connectivity index (χ3n) is 6.86. The van der Waals surface area contributed by atoms with Crippen molar-refractivity contribution in [3.8, 4) is 0 Å². The van der Waals surface area contributed by atoms with Crippen LogP contribution in [-0.2, 0) is 16.0 Å². The molecule has 0 saturated carbocycles. The maximum Gasteiger partial charge on any atom is 0.251 e. The van der Waals surface area contributed by atoms with Crippen molar-refractivity contribution in [1.82, 2.24) is 20.0 Å². The first-order chi connectivity index (χ1) is 15.7. The number of likely N-dealkylation sites (tertiary alicyclic amines) is 1. The lowest BCUT2D eigenvalue weighted by atomic mass is 10.1. The first-order valence-electron chi connectivity index (χ1n) is 12.4. The molecule has 1 aromatic rings. The molecule has 3 aliphatic heterocycles. The fourth-order valence-electron chi connectivity index (χ4n) is 4.95. The smallest absolute Gasteiger partial charge is 0.251 e. The fourth-order valence-corrected chi connectivity index (χ4v) is 4.95. The Kier molecular flexibility index (Phi) is 10.7. The quantitative estimate of drug-likeness (QED) is 0.311. The topological polar surface area (TPSA) is 60.4 Å². The average molecular weight is 570 g/mol. The van der Waals surface area contributed by atoms with Gasteiger partial charge in [0.05, 0.1) is 0 Å². The largest absolute Gasteiger partial charge is 0.368 e. The van der Waals surface area contributed by atoms with Gasteiger partial charge in [-0.2, -0.15) is 0 Å². The molecule has 0 aliphatic carbocycles. The van der Waals surface area contributed by atoms with Crippen molar-refractivity contribution in [2.24, 2.45) is 10.9 Å². The van der Waals surface area contributed by atoms with E-state index in [1.54, 1.807) is 0 Å². The zero-order valence-corrected chi connectivity index (χ0v) is 22.3. The Labute approximate surface area is 215 Å². The number of nitrogens with zero attached hydrogens (tertiary/aromatic N) is 4. The van der Waals surface area contributed by atoms with Gasteiger partial charge in [0, 0.05) is 59.0 Å². The summed E-state index contributed by atoms with van der Waals surface area (Å²) < 4.78 is 5.58. The predicted molar refractivity (Wildman–Crippen MR) is 143 cm³/mol. The van der Waals surface area contributed by atoms with E-state index >= 15 is 0 Å². The van der Waals surface area contributed by atoms with Crippen molar-refractivity contribution >= 4 is 35.8 Å². The summed E-state index contributed by atoms with van der Waals surface area (Å²) in [5.74, 6) is 1.80. The Morgan fingerprint density at radius 2 is 1.85 bits per heavy atom. The molecule has 8 heteroatoms. The van der Waals surface area contributed by atoms with Crippen LogP contribution in [0, 0.1) is 5.92 Å². The number of rotatable bonds is 7. The summed E-state index contributed by atoms with van der Waals surface area (Å²) in [6.07, 6.45) is 4.00. The van der Waals surface area contributed by atoms with Crippen molar-refractivity contribution in [3.05, 3.63) is 35.9 Å². The van der Waals surface area contributed by atoms with E-state index in [4.69, 9.17) is 9.73 Å². The molecule has 0 spiro atoms. The van der Waals surface area contributed by atoms with Gasteiger partial charge in [0.2, 0.25) is 0 Å². The lowest BCUT2D eigenvalue weighted by Gasteiger charge is -2.37. The molecule has 1 amide bonds. The maximum atomic E-state index is 12.6. The van der Waals surface area contributed by atoms with Gasteiger partial charge in [-0.25, -0.2) is 0 Å². The summed E-state index contributed by atoms with van der Waals surface area (Å²) in [7, 11) is 0. The first kappa shape index (κ1) is 26.2. The number of ether oxygens (including phenoxy) is 1. The molecular formula is C25H40IN5O2. The second-order valence-corrected chi connectivity index (χ2v) is 9.20. The van der Waals surface area contributed by atoms with Crippen LogP contribution >= 0.6 is 24.0 Å². The number of hydrogen-bond donors (Lipinski definition) is 1. The molecule has 1 aromatic carbocycles. The van der Waals surface area contributed by atoms with Crippen molar-refractivity contribution < 1.29 is 9.53 Å². The molecule has 184 valence electrons. The van der Waals surface area contributed by atoms with E-state index in [-0.39, 0.29) is 36.0 Å². The lowest BCUT2D eigenvalue weighted by Crippen LogP contribution is -2.55. The van der Waals surface area contributed by atoms with E-state index in [1.165, 1.54) is 18.5 Å². The van der Waals surface area contributed by atoms with Gasteiger partial charge in [0.25, 0.3) is 5.91 Å². The van der Waals surface area contributed by atoms with Gasteiger partial charge in [-0.1, -0.05) is 30.3 Å². The second-order valence-electron chi connectivity index (χ2n) is 9.20. The third kappa shape index (κ3) is 7.55. The van der Waals surface area contributed by atoms with E-state index in [0.29, 0.717) is 5.92 Å². The Bertz CT molecular complexity index is 748. The Balaban J connectivity index is 0.00000306. The highest BCUT2D eigenvalue weighted by molar-refractivity contribution is 14.0. The summed E-state index contributed by atoms with van der Waals surface area (Å²) in [6, 6.07) is 10.8. The predicted octanol–water partition coefficient (Wildman–Crippen LogP) is 2.46. The molecule has 4 rings (SSSR count). The number of piperazine rings is 1. The Hall–Kier alpha value is -1.39. The highest BCUT2D eigenvalue weighted by atomic mass is 127. The van der Waals surface area contributed by atoms with Crippen LogP contribution in [0.1, 0.15) is 31.7 Å². The minimum absolute atomic E-state index is 0. The zero-order valence-electron chi connectivity index (χ0n) is 20.0. The fraction of sp³-hybridized carbons (Fsp3) is 0.680. The van der Waals surface area contributed by atoms with Gasteiger partial charge in [-0.15, -0.1) is 24.0 Å². The first-order valence-corrected chi connectivity index (χ1v) is 12.4. The van der Waals surface area contributed by atoms with Crippen LogP contribution in [0.5, 0.6) is 0 Å². The number of carbonyl (C=O) groups is 1. The van der Waals surface area contributed by atoms with Gasteiger partial charge in [0.1, 0.15) is 6.10 Å². The molecule has 0 aromatic heterocycles. The average Bonchev–Trinajstić information content (AvgIpc) is 3.53. The zero-order chi connectivity index (χ0) is 22.2. The molecule has 0 bridgehead atoms. The minimum Gasteiger partial charge on any atom is -0.368 e. The molecule has 2 unspecified atom stereocenters. The molecule has 7 nitrogen and oxygen atoms in total. The second kappa shape index (κ2) is 13.5. The molecule has 3 fully saturated rings. The van der Waals surface area contributed by atoms with Crippen LogP contribution in [0.3, 0.4) is 0 Å².